The standard InChI is InChI=1S/C45H36BN4OS/c1-7-31-33(23-24-46-6)39(27(3)30-19-20-35-34(25-30)38-36(45(35,4)5)21-22-37-41(38)52-26-47-37)51-40(31)32(8-2)44-49-42(28-15-11-9-12-16-28)48-43(50-44)29-17-13-10-14-18-29/h7-26H,1,3H2,2,4-6H3/b24-23-,32-8+. The predicted molar refractivity (Wildman–Crippen MR) is 218 cm³/mol. The number of rotatable bonds is 9. The van der Waals surface area contributed by atoms with Crippen LogP contribution in [0.3, 0.4) is 0 Å². The van der Waals surface area contributed by atoms with Crippen LogP contribution >= 0.6 is 11.3 Å². The molecule has 7 aromatic rings. The van der Waals surface area contributed by atoms with Gasteiger partial charge < -0.3 is 4.42 Å². The lowest BCUT2D eigenvalue weighted by atomic mass is 9.81. The molecule has 0 unspecified atom stereocenters. The summed E-state index contributed by atoms with van der Waals surface area (Å²) in [5, 5.41) is 0. The Hall–Kier alpha value is -5.92. The molecule has 3 heterocycles. The van der Waals surface area contributed by atoms with E-state index in [9.17, 15) is 0 Å². The second-order valence-electron chi connectivity index (χ2n) is 13.3. The van der Waals surface area contributed by atoms with Gasteiger partial charge in [0.15, 0.2) is 17.5 Å². The fourth-order valence-electron chi connectivity index (χ4n) is 7.21. The molecule has 52 heavy (non-hydrogen) atoms. The quantitative estimate of drug-likeness (QED) is 0.141. The van der Waals surface area contributed by atoms with Crippen molar-refractivity contribution >= 4 is 52.1 Å². The van der Waals surface area contributed by atoms with Crippen molar-refractivity contribution < 1.29 is 4.42 Å². The second-order valence-corrected chi connectivity index (χ2v) is 14.1. The summed E-state index contributed by atoms with van der Waals surface area (Å²) in [5.74, 6) is 4.96. The van der Waals surface area contributed by atoms with E-state index in [4.69, 9.17) is 19.4 Å². The third kappa shape index (κ3) is 5.49. The number of furan rings is 1. The fraction of sp³-hybridized carbons (Fsp3) is 0.111. The zero-order valence-electron chi connectivity index (χ0n) is 29.6. The van der Waals surface area contributed by atoms with E-state index in [0.29, 0.717) is 29.0 Å². The van der Waals surface area contributed by atoms with E-state index in [1.54, 1.807) is 11.3 Å². The molecule has 1 radical (unpaired) electrons. The lowest BCUT2D eigenvalue weighted by Gasteiger charge is -2.21. The normalized spacial score (nSPS) is 13.3. The Labute approximate surface area is 309 Å². The molecule has 0 fully saturated rings. The highest BCUT2D eigenvalue weighted by atomic mass is 32.1. The number of benzene rings is 4. The van der Waals surface area contributed by atoms with E-state index >= 15 is 0 Å². The summed E-state index contributed by atoms with van der Waals surface area (Å²) in [5.41, 5.74) is 13.9. The van der Waals surface area contributed by atoms with E-state index in [1.165, 1.54) is 27.0 Å². The molecule has 5 nitrogen and oxygen atoms in total. The van der Waals surface area contributed by atoms with Crippen LogP contribution in [0.1, 0.15) is 65.9 Å². The van der Waals surface area contributed by atoms with Crippen molar-refractivity contribution in [2.75, 3.05) is 0 Å². The highest BCUT2D eigenvalue weighted by Gasteiger charge is 2.37. The lowest BCUT2D eigenvalue weighted by molar-refractivity contribution is 0.539. The first-order valence-corrected chi connectivity index (χ1v) is 18.2. The van der Waals surface area contributed by atoms with Gasteiger partial charge in [0.1, 0.15) is 18.8 Å². The van der Waals surface area contributed by atoms with E-state index in [0.717, 1.165) is 44.5 Å². The smallest absolute Gasteiger partial charge is 0.167 e. The molecular weight excluding hydrogens is 655 g/mol. The number of fused-ring (bicyclic) bond motifs is 5. The van der Waals surface area contributed by atoms with Crippen molar-refractivity contribution in [3.63, 3.8) is 0 Å². The summed E-state index contributed by atoms with van der Waals surface area (Å²) in [6.45, 7) is 17.5. The molecule has 4 aromatic carbocycles. The topological polar surface area (TPSA) is 64.7 Å². The first-order chi connectivity index (χ1) is 25.3. The molecule has 251 valence electrons. The van der Waals surface area contributed by atoms with Gasteiger partial charge in [-0.3, -0.25) is 0 Å². The van der Waals surface area contributed by atoms with E-state index in [-0.39, 0.29) is 5.41 Å². The van der Waals surface area contributed by atoms with E-state index in [1.807, 2.05) is 105 Å². The average molecular weight is 692 g/mol. The SMILES string of the molecule is C=Cc1c(/C(=C\C)c2nc(-c3ccccc3)nc(-c3ccccc3)n2)oc(C(=C)c2ccc3c(c2)-c2c(ccc4ncsc24)C3(C)C)c1/C=C\[B]C. The Balaban J connectivity index is 1.28. The third-order valence-corrected chi connectivity index (χ3v) is 10.7. The number of hydrogen-bond donors (Lipinski definition) is 0. The van der Waals surface area contributed by atoms with Crippen molar-refractivity contribution in [3.05, 3.63) is 167 Å². The Morgan fingerprint density at radius 3 is 2.13 bits per heavy atom. The van der Waals surface area contributed by atoms with Crippen molar-refractivity contribution in [2.45, 2.75) is 33.0 Å². The van der Waals surface area contributed by atoms with Crippen LogP contribution in [0, 0.1) is 0 Å². The lowest BCUT2D eigenvalue weighted by Crippen LogP contribution is -2.14. The van der Waals surface area contributed by atoms with Gasteiger partial charge in [-0.05, 0) is 41.3 Å². The van der Waals surface area contributed by atoms with Crippen molar-refractivity contribution in [2.24, 2.45) is 0 Å². The Morgan fingerprint density at radius 2 is 1.50 bits per heavy atom. The van der Waals surface area contributed by atoms with Crippen LogP contribution in [0.25, 0.3) is 67.4 Å². The van der Waals surface area contributed by atoms with Crippen molar-refractivity contribution in [1.82, 2.24) is 19.9 Å². The highest BCUT2D eigenvalue weighted by molar-refractivity contribution is 7.17. The molecule has 0 bridgehead atoms. The molecular formula is C45H36BN4OS. The number of hydrogen-bond acceptors (Lipinski definition) is 6. The van der Waals surface area contributed by atoms with Gasteiger partial charge in [-0.15, -0.1) is 17.3 Å². The summed E-state index contributed by atoms with van der Waals surface area (Å²) in [7, 11) is 2.00. The number of thiazole rings is 1. The zero-order chi connectivity index (χ0) is 36.0. The van der Waals surface area contributed by atoms with Gasteiger partial charge in [0.2, 0.25) is 0 Å². The maximum absolute atomic E-state index is 6.92. The number of allylic oxidation sites excluding steroid dienone is 1. The monoisotopic (exact) mass is 691 g/mol. The third-order valence-electron chi connectivity index (χ3n) is 9.87. The van der Waals surface area contributed by atoms with Gasteiger partial charge in [-0.1, -0.05) is 131 Å². The Kier molecular flexibility index (Phi) is 8.52. The molecule has 1 aliphatic carbocycles. The summed E-state index contributed by atoms with van der Waals surface area (Å²) < 4.78 is 8.14. The molecule has 0 atom stereocenters. The maximum Gasteiger partial charge on any atom is 0.167 e. The molecule has 7 heteroatoms. The number of aromatic nitrogens is 4. The van der Waals surface area contributed by atoms with Gasteiger partial charge in [-0.25, -0.2) is 19.9 Å². The first-order valence-electron chi connectivity index (χ1n) is 17.3. The molecule has 0 aliphatic heterocycles. The van der Waals surface area contributed by atoms with Crippen molar-refractivity contribution in [3.8, 4) is 33.9 Å². The van der Waals surface area contributed by atoms with Gasteiger partial charge in [-0.2, -0.15) is 0 Å². The molecule has 3 aromatic heterocycles. The minimum Gasteiger partial charge on any atom is -0.455 e. The van der Waals surface area contributed by atoms with E-state index < -0.39 is 0 Å². The molecule has 0 saturated carbocycles. The summed E-state index contributed by atoms with van der Waals surface area (Å²) >= 11 is 1.69. The highest BCUT2D eigenvalue weighted by Crippen LogP contribution is 2.52. The molecule has 0 saturated heterocycles. The minimum absolute atomic E-state index is 0.135. The molecule has 8 rings (SSSR count). The predicted octanol–water partition coefficient (Wildman–Crippen LogP) is 11.6. The van der Waals surface area contributed by atoms with Crippen LogP contribution in [0.15, 0.2) is 126 Å². The van der Waals surface area contributed by atoms with Crippen LogP contribution in [-0.2, 0) is 5.41 Å². The molecule has 0 amide bonds. The number of nitrogens with zero attached hydrogens (tertiary/aromatic N) is 4. The molecule has 0 spiro atoms. The minimum atomic E-state index is -0.135. The summed E-state index contributed by atoms with van der Waals surface area (Å²) in [6, 6.07) is 31.0. The van der Waals surface area contributed by atoms with Gasteiger partial charge in [0.05, 0.1) is 21.3 Å². The summed E-state index contributed by atoms with van der Waals surface area (Å²) in [4.78, 5) is 19.6. The van der Waals surface area contributed by atoms with Crippen molar-refractivity contribution in [1.29, 1.82) is 0 Å². The Morgan fingerprint density at radius 1 is 0.827 bits per heavy atom. The second kappa shape index (κ2) is 13.3. The van der Waals surface area contributed by atoms with Gasteiger partial charge in [0.25, 0.3) is 0 Å². The first kappa shape index (κ1) is 33.2. The van der Waals surface area contributed by atoms with Crippen LogP contribution in [0.5, 0.6) is 0 Å². The maximum atomic E-state index is 6.92. The van der Waals surface area contributed by atoms with Crippen LogP contribution in [-0.4, -0.2) is 27.2 Å². The Bertz CT molecular complexity index is 2520. The van der Waals surface area contributed by atoms with Crippen LogP contribution in [0.2, 0.25) is 6.82 Å². The summed E-state index contributed by atoms with van der Waals surface area (Å²) in [6.07, 6.45) is 5.89. The van der Waals surface area contributed by atoms with Crippen LogP contribution in [0.4, 0.5) is 0 Å². The van der Waals surface area contributed by atoms with E-state index in [2.05, 4.69) is 68.4 Å². The zero-order valence-corrected chi connectivity index (χ0v) is 30.5. The van der Waals surface area contributed by atoms with Gasteiger partial charge in [0, 0.05) is 38.8 Å². The molecule has 0 N–H and O–H groups in total. The van der Waals surface area contributed by atoms with Gasteiger partial charge >= 0.3 is 0 Å². The molecule has 1 aliphatic rings. The largest absolute Gasteiger partial charge is 0.455 e. The average Bonchev–Trinajstić information content (AvgIpc) is 3.87. The fourth-order valence-corrected chi connectivity index (χ4v) is 8.06. The van der Waals surface area contributed by atoms with Crippen LogP contribution < -0.4 is 0 Å².